The summed E-state index contributed by atoms with van der Waals surface area (Å²) in [6, 6.07) is 9.82. The fourth-order valence-corrected chi connectivity index (χ4v) is 2.62. The van der Waals surface area contributed by atoms with Gasteiger partial charge in [-0.1, -0.05) is 18.2 Å². The normalized spacial score (nSPS) is 19.2. The average Bonchev–Trinajstić information content (AvgIpc) is 2.54. The zero-order valence-electron chi connectivity index (χ0n) is 12.5. The number of para-hydroxylation sites is 1. The number of nitrogens with two attached hydrogens (primary N) is 1. The Bertz CT molecular complexity index is 425. The highest BCUT2D eigenvalue weighted by molar-refractivity contribution is 5.78. The standard InChI is InChI=1S/C16H25N3O2/c17-8-9-18-16(20)14-5-4-10-19(13-14)11-12-21-15-6-2-1-3-7-15/h1-3,6-7,14H,4-5,8-13,17H2,(H,18,20). The summed E-state index contributed by atoms with van der Waals surface area (Å²) in [7, 11) is 0. The Morgan fingerprint density at radius 2 is 2.19 bits per heavy atom. The summed E-state index contributed by atoms with van der Waals surface area (Å²) >= 11 is 0. The fourth-order valence-electron chi connectivity index (χ4n) is 2.62. The van der Waals surface area contributed by atoms with Gasteiger partial charge in [-0.2, -0.15) is 0 Å². The number of carbonyl (C=O) groups is 1. The molecule has 0 spiro atoms. The van der Waals surface area contributed by atoms with Crippen molar-refractivity contribution in [2.45, 2.75) is 12.8 Å². The molecule has 1 aromatic carbocycles. The molecule has 1 amide bonds. The average molecular weight is 291 g/mol. The molecule has 1 unspecified atom stereocenters. The van der Waals surface area contributed by atoms with E-state index in [1.807, 2.05) is 30.3 Å². The van der Waals surface area contributed by atoms with E-state index in [2.05, 4.69) is 10.2 Å². The molecule has 5 heteroatoms. The van der Waals surface area contributed by atoms with E-state index in [1.54, 1.807) is 0 Å². The Balaban J connectivity index is 1.70. The lowest BCUT2D eigenvalue weighted by atomic mass is 9.97. The summed E-state index contributed by atoms with van der Waals surface area (Å²) in [5.41, 5.74) is 5.41. The molecule has 1 aromatic rings. The van der Waals surface area contributed by atoms with Gasteiger partial charge in [0.15, 0.2) is 0 Å². The molecule has 0 aromatic heterocycles. The van der Waals surface area contributed by atoms with Crippen molar-refractivity contribution in [3.8, 4) is 5.75 Å². The van der Waals surface area contributed by atoms with Crippen LogP contribution in [0.15, 0.2) is 30.3 Å². The van der Waals surface area contributed by atoms with Crippen LogP contribution < -0.4 is 15.8 Å². The largest absolute Gasteiger partial charge is 0.492 e. The molecule has 5 nitrogen and oxygen atoms in total. The quantitative estimate of drug-likeness (QED) is 0.781. The maximum absolute atomic E-state index is 12.0. The molecule has 0 bridgehead atoms. The second kappa shape index (κ2) is 8.64. The highest BCUT2D eigenvalue weighted by atomic mass is 16.5. The van der Waals surface area contributed by atoms with Crippen molar-refractivity contribution in [1.82, 2.24) is 10.2 Å². The molecule has 0 saturated carbocycles. The molecule has 0 radical (unpaired) electrons. The Morgan fingerprint density at radius 3 is 2.95 bits per heavy atom. The van der Waals surface area contributed by atoms with E-state index in [0.29, 0.717) is 19.7 Å². The maximum atomic E-state index is 12.0. The Morgan fingerprint density at radius 1 is 1.38 bits per heavy atom. The van der Waals surface area contributed by atoms with Crippen molar-refractivity contribution in [3.05, 3.63) is 30.3 Å². The SMILES string of the molecule is NCCNC(=O)C1CCCN(CCOc2ccccc2)C1. The van der Waals surface area contributed by atoms with Gasteiger partial charge in [0.1, 0.15) is 12.4 Å². The summed E-state index contributed by atoms with van der Waals surface area (Å²) in [6.45, 7) is 4.42. The monoisotopic (exact) mass is 291 g/mol. The number of nitrogens with one attached hydrogen (secondary N) is 1. The number of carbonyl (C=O) groups excluding carboxylic acids is 1. The van der Waals surface area contributed by atoms with E-state index in [-0.39, 0.29) is 11.8 Å². The lowest BCUT2D eigenvalue weighted by Crippen LogP contribution is -2.45. The van der Waals surface area contributed by atoms with Gasteiger partial charge in [-0.25, -0.2) is 0 Å². The van der Waals surface area contributed by atoms with Crippen LogP contribution in [-0.2, 0) is 4.79 Å². The van der Waals surface area contributed by atoms with Crippen LogP contribution in [0.1, 0.15) is 12.8 Å². The van der Waals surface area contributed by atoms with Gasteiger partial charge in [-0.3, -0.25) is 9.69 Å². The number of hydrogen-bond acceptors (Lipinski definition) is 4. The molecule has 0 aliphatic carbocycles. The predicted molar refractivity (Wildman–Crippen MR) is 83.2 cm³/mol. The van der Waals surface area contributed by atoms with Gasteiger partial charge in [0.25, 0.3) is 0 Å². The van der Waals surface area contributed by atoms with Gasteiger partial charge in [-0.05, 0) is 31.5 Å². The first-order chi connectivity index (χ1) is 10.3. The molecule has 1 heterocycles. The van der Waals surface area contributed by atoms with E-state index < -0.39 is 0 Å². The van der Waals surface area contributed by atoms with Crippen molar-refractivity contribution >= 4 is 5.91 Å². The number of rotatable bonds is 7. The summed E-state index contributed by atoms with van der Waals surface area (Å²) in [6.07, 6.45) is 2.03. The number of piperidine rings is 1. The molecule has 1 atom stereocenters. The number of likely N-dealkylation sites (tertiary alicyclic amines) is 1. The van der Waals surface area contributed by atoms with Crippen LogP contribution in [0, 0.1) is 5.92 Å². The lowest BCUT2D eigenvalue weighted by molar-refractivity contribution is -0.126. The third-order valence-electron chi connectivity index (χ3n) is 3.74. The van der Waals surface area contributed by atoms with Crippen molar-refractivity contribution in [3.63, 3.8) is 0 Å². The number of benzene rings is 1. The maximum Gasteiger partial charge on any atom is 0.224 e. The van der Waals surface area contributed by atoms with E-state index in [1.165, 1.54) is 0 Å². The Labute approximate surface area is 126 Å². The first-order valence-electron chi connectivity index (χ1n) is 7.67. The first kappa shape index (κ1) is 15.8. The smallest absolute Gasteiger partial charge is 0.224 e. The number of amides is 1. The van der Waals surface area contributed by atoms with E-state index in [4.69, 9.17) is 10.5 Å². The fraction of sp³-hybridized carbons (Fsp3) is 0.562. The highest BCUT2D eigenvalue weighted by Gasteiger charge is 2.25. The Kier molecular flexibility index (Phi) is 6.50. The molecular formula is C16H25N3O2. The molecule has 1 aliphatic heterocycles. The summed E-state index contributed by atoms with van der Waals surface area (Å²) in [5, 5.41) is 2.88. The molecule has 2 rings (SSSR count). The topological polar surface area (TPSA) is 67.6 Å². The summed E-state index contributed by atoms with van der Waals surface area (Å²) < 4.78 is 5.71. The molecule has 1 saturated heterocycles. The van der Waals surface area contributed by atoms with Crippen molar-refractivity contribution < 1.29 is 9.53 Å². The van der Waals surface area contributed by atoms with Crippen molar-refractivity contribution in [2.24, 2.45) is 11.7 Å². The van der Waals surface area contributed by atoms with Gasteiger partial charge >= 0.3 is 0 Å². The number of hydrogen-bond donors (Lipinski definition) is 2. The molecule has 3 N–H and O–H groups in total. The predicted octanol–water partition coefficient (Wildman–Crippen LogP) is 0.852. The molecular weight excluding hydrogens is 266 g/mol. The van der Waals surface area contributed by atoms with E-state index in [0.717, 1.165) is 38.2 Å². The second-order valence-corrected chi connectivity index (χ2v) is 5.38. The molecule has 116 valence electrons. The van der Waals surface area contributed by atoms with Crippen LogP contribution in [-0.4, -0.2) is 50.1 Å². The number of nitrogens with zero attached hydrogens (tertiary/aromatic N) is 1. The lowest BCUT2D eigenvalue weighted by Gasteiger charge is -2.31. The van der Waals surface area contributed by atoms with Gasteiger partial charge in [0.05, 0.1) is 5.92 Å². The van der Waals surface area contributed by atoms with Gasteiger partial charge in [0.2, 0.25) is 5.91 Å². The van der Waals surface area contributed by atoms with Crippen LogP contribution in [0.4, 0.5) is 0 Å². The zero-order chi connectivity index (χ0) is 14.9. The summed E-state index contributed by atoms with van der Waals surface area (Å²) in [5.74, 6) is 1.11. The van der Waals surface area contributed by atoms with Crippen LogP contribution in [0.2, 0.25) is 0 Å². The first-order valence-corrected chi connectivity index (χ1v) is 7.67. The zero-order valence-corrected chi connectivity index (χ0v) is 12.5. The van der Waals surface area contributed by atoms with Gasteiger partial charge < -0.3 is 15.8 Å². The Hall–Kier alpha value is -1.59. The molecule has 21 heavy (non-hydrogen) atoms. The van der Waals surface area contributed by atoms with Crippen molar-refractivity contribution in [1.29, 1.82) is 0 Å². The second-order valence-electron chi connectivity index (χ2n) is 5.38. The van der Waals surface area contributed by atoms with Crippen LogP contribution in [0.25, 0.3) is 0 Å². The van der Waals surface area contributed by atoms with E-state index in [9.17, 15) is 4.79 Å². The van der Waals surface area contributed by atoms with Crippen molar-refractivity contribution in [2.75, 3.05) is 39.3 Å². The minimum atomic E-state index is 0.0852. The van der Waals surface area contributed by atoms with Crippen LogP contribution >= 0.6 is 0 Å². The minimum absolute atomic E-state index is 0.0852. The third kappa shape index (κ3) is 5.36. The highest BCUT2D eigenvalue weighted by Crippen LogP contribution is 2.16. The van der Waals surface area contributed by atoms with Gasteiger partial charge in [-0.15, -0.1) is 0 Å². The molecule has 1 aliphatic rings. The third-order valence-corrected chi connectivity index (χ3v) is 3.74. The van der Waals surface area contributed by atoms with Crippen LogP contribution in [0.3, 0.4) is 0 Å². The van der Waals surface area contributed by atoms with Crippen LogP contribution in [0.5, 0.6) is 5.75 Å². The summed E-state index contributed by atoms with van der Waals surface area (Å²) in [4.78, 5) is 14.3. The van der Waals surface area contributed by atoms with Gasteiger partial charge in [0, 0.05) is 26.2 Å². The number of ether oxygens (including phenoxy) is 1. The minimum Gasteiger partial charge on any atom is -0.492 e. The molecule has 1 fully saturated rings. The van der Waals surface area contributed by atoms with E-state index >= 15 is 0 Å².